The fourth-order valence-electron chi connectivity index (χ4n) is 3.24. The molecule has 1 amide bonds. The first-order chi connectivity index (χ1) is 15.7. The van der Waals surface area contributed by atoms with Gasteiger partial charge in [0.25, 0.3) is 5.91 Å². The zero-order chi connectivity index (χ0) is 22.9. The molecule has 0 bridgehead atoms. The van der Waals surface area contributed by atoms with Crippen molar-refractivity contribution in [3.63, 3.8) is 0 Å². The number of amides is 1. The van der Waals surface area contributed by atoms with E-state index in [0.717, 1.165) is 16.8 Å². The molecule has 0 saturated carbocycles. The van der Waals surface area contributed by atoms with Crippen LogP contribution in [0.15, 0.2) is 84.9 Å². The van der Waals surface area contributed by atoms with Gasteiger partial charge in [0.15, 0.2) is 0 Å². The molecule has 164 valence electrons. The summed E-state index contributed by atoms with van der Waals surface area (Å²) < 4.78 is 7.29. The number of rotatable bonds is 6. The van der Waals surface area contributed by atoms with Gasteiger partial charge in [-0.15, -0.1) is 0 Å². The summed E-state index contributed by atoms with van der Waals surface area (Å²) in [5, 5.41) is 8.27. The fraction of sp³-hybridized carbons (Fsp3) is 0.154. The van der Waals surface area contributed by atoms with Gasteiger partial charge in [-0.2, -0.15) is 9.78 Å². The van der Waals surface area contributed by atoms with Gasteiger partial charge in [-0.25, -0.2) is 0 Å². The van der Waals surface area contributed by atoms with Crippen LogP contribution in [0.25, 0.3) is 16.9 Å². The van der Waals surface area contributed by atoms with Gasteiger partial charge in [0.2, 0.25) is 5.88 Å². The van der Waals surface area contributed by atoms with Gasteiger partial charge in [0, 0.05) is 17.1 Å². The molecule has 4 aromatic rings. The van der Waals surface area contributed by atoms with Gasteiger partial charge in [-0.05, 0) is 23.8 Å². The van der Waals surface area contributed by atoms with Crippen molar-refractivity contribution in [2.24, 2.45) is 0 Å². The number of nitrogens with one attached hydrogen (secondary N) is 1. The minimum absolute atomic E-state index is 0.284. The van der Waals surface area contributed by atoms with Gasteiger partial charge in [0.1, 0.15) is 11.3 Å². The number of nitrogens with zero attached hydrogens (tertiary/aromatic N) is 2. The molecule has 0 radical (unpaired) electrons. The topological polar surface area (TPSA) is 56.1 Å². The summed E-state index contributed by atoms with van der Waals surface area (Å²) >= 11 is 6.23. The van der Waals surface area contributed by atoms with Crippen LogP contribution in [0.4, 0.5) is 0 Å². The molecule has 0 atom stereocenters. The van der Waals surface area contributed by atoms with Crippen LogP contribution in [0.1, 0.15) is 29.8 Å². The van der Waals surface area contributed by atoms with E-state index in [-0.39, 0.29) is 5.91 Å². The third kappa shape index (κ3) is 5.01. The summed E-state index contributed by atoms with van der Waals surface area (Å²) in [5.74, 6) is 0.0875. The average Bonchev–Trinajstić information content (AvgIpc) is 3.25. The normalized spacial score (nSPS) is 10.1. The maximum Gasteiger partial charge on any atom is 0.259 e. The minimum Gasteiger partial charge on any atom is -0.480 e. The van der Waals surface area contributed by atoms with Crippen molar-refractivity contribution in [1.82, 2.24) is 15.1 Å². The summed E-state index contributed by atoms with van der Waals surface area (Å²) in [5.41, 5.74) is 3.39. The molecule has 0 saturated heterocycles. The third-order valence-corrected chi connectivity index (χ3v) is 5.08. The van der Waals surface area contributed by atoms with Crippen molar-refractivity contribution in [3.8, 4) is 22.8 Å². The predicted octanol–water partition coefficient (Wildman–Crippen LogP) is 6.16. The molecule has 4 rings (SSSR count). The summed E-state index contributed by atoms with van der Waals surface area (Å²) in [6.07, 6.45) is 0. The Kier molecular flexibility index (Phi) is 8.06. The first kappa shape index (κ1) is 23.1. The Labute approximate surface area is 193 Å². The van der Waals surface area contributed by atoms with E-state index in [0.29, 0.717) is 28.7 Å². The van der Waals surface area contributed by atoms with Crippen molar-refractivity contribution in [1.29, 1.82) is 0 Å². The first-order valence-corrected chi connectivity index (χ1v) is 10.9. The summed E-state index contributed by atoms with van der Waals surface area (Å²) in [6, 6.07) is 26.6. The van der Waals surface area contributed by atoms with E-state index in [9.17, 15) is 4.79 Å². The number of methoxy groups -OCH3 is 1. The average molecular weight is 448 g/mol. The fourth-order valence-corrected chi connectivity index (χ4v) is 3.45. The Morgan fingerprint density at radius 2 is 1.53 bits per heavy atom. The maximum absolute atomic E-state index is 13.3. The van der Waals surface area contributed by atoms with Crippen molar-refractivity contribution >= 4 is 17.5 Å². The monoisotopic (exact) mass is 447 g/mol. The van der Waals surface area contributed by atoms with E-state index in [1.54, 1.807) is 10.7 Å². The van der Waals surface area contributed by atoms with E-state index in [2.05, 4.69) is 5.32 Å². The molecule has 1 N–H and O–H groups in total. The van der Waals surface area contributed by atoms with Crippen LogP contribution in [0.2, 0.25) is 5.02 Å². The number of ether oxygens (including phenoxy) is 1. The van der Waals surface area contributed by atoms with E-state index < -0.39 is 0 Å². The molecule has 0 unspecified atom stereocenters. The molecule has 32 heavy (non-hydrogen) atoms. The highest BCUT2D eigenvalue weighted by atomic mass is 35.5. The summed E-state index contributed by atoms with van der Waals surface area (Å²) in [6.45, 7) is 4.30. The number of halogens is 1. The van der Waals surface area contributed by atoms with Gasteiger partial charge in [-0.1, -0.05) is 92.2 Å². The highest BCUT2D eigenvalue weighted by molar-refractivity contribution is 6.31. The van der Waals surface area contributed by atoms with Gasteiger partial charge in [0.05, 0.1) is 12.8 Å². The Morgan fingerprint density at radius 1 is 0.938 bits per heavy atom. The second-order valence-electron chi connectivity index (χ2n) is 6.62. The second-order valence-corrected chi connectivity index (χ2v) is 7.03. The zero-order valence-corrected chi connectivity index (χ0v) is 19.1. The number of para-hydroxylation sites is 1. The van der Waals surface area contributed by atoms with Crippen LogP contribution in [0.3, 0.4) is 0 Å². The number of carbonyl (C=O) groups is 1. The zero-order valence-electron chi connectivity index (χ0n) is 18.4. The molecular formula is C26H26ClN3O2. The second kappa shape index (κ2) is 11.2. The van der Waals surface area contributed by atoms with E-state index in [1.165, 1.54) is 7.11 Å². The molecule has 1 heterocycles. The third-order valence-electron chi connectivity index (χ3n) is 4.71. The molecule has 0 aliphatic carbocycles. The van der Waals surface area contributed by atoms with Crippen LogP contribution in [0.5, 0.6) is 5.88 Å². The lowest BCUT2D eigenvalue weighted by molar-refractivity contribution is 0.0948. The largest absolute Gasteiger partial charge is 0.480 e. The minimum atomic E-state index is -0.284. The van der Waals surface area contributed by atoms with Crippen molar-refractivity contribution < 1.29 is 9.53 Å². The summed E-state index contributed by atoms with van der Waals surface area (Å²) in [7, 11) is 1.54. The Bertz CT molecular complexity index is 1160. The van der Waals surface area contributed by atoms with Crippen molar-refractivity contribution in [3.05, 3.63) is 101 Å². The smallest absolute Gasteiger partial charge is 0.259 e. The highest BCUT2D eigenvalue weighted by Gasteiger charge is 2.26. The van der Waals surface area contributed by atoms with Gasteiger partial charge >= 0.3 is 0 Å². The molecule has 6 heteroatoms. The molecule has 3 aromatic carbocycles. The summed E-state index contributed by atoms with van der Waals surface area (Å²) in [4.78, 5) is 13.3. The number of hydrogen-bond donors (Lipinski definition) is 1. The number of carbonyl (C=O) groups excluding carboxylic acids is 1. The number of benzene rings is 3. The van der Waals surface area contributed by atoms with E-state index >= 15 is 0 Å². The SMILES string of the molecule is CC.COc1c(C(=O)NCc2ccccc2Cl)c(-c2ccccc2)nn1-c1ccccc1. The van der Waals surface area contributed by atoms with Gasteiger partial charge in [-0.3, -0.25) is 4.79 Å². The van der Waals surface area contributed by atoms with E-state index in [4.69, 9.17) is 21.4 Å². The molecule has 5 nitrogen and oxygen atoms in total. The standard InChI is InChI=1S/C24H20ClN3O2.C2H6/c1-30-24-21(23(29)26-16-18-12-8-9-15-20(18)25)22(17-10-4-2-5-11-17)27-28(24)19-13-6-3-7-14-19;1-2/h2-15H,16H2,1H3,(H,26,29);1-2H3. The molecule has 1 aromatic heterocycles. The van der Waals surface area contributed by atoms with Crippen LogP contribution in [0, 0.1) is 0 Å². The molecular weight excluding hydrogens is 422 g/mol. The van der Waals surface area contributed by atoms with Crippen LogP contribution >= 0.6 is 11.6 Å². The predicted molar refractivity (Wildman–Crippen MR) is 130 cm³/mol. The number of aromatic nitrogens is 2. The quantitative estimate of drug-likeness (QED) is 0.385. The van der Waals surface area contributed by atoms with Crippen molar-refractivity contribution in [2.75, 3.05) is 7.11 Å². The molecule has 0 fully saturated rings. The molecule has 0 aliphatic heterocycles. The Morgan fingerprint density at radius 3 is 2.16 bits per heavy atom. The van der Waals surface area contributed by atoms with E-state index in [1.807, 2.05) is 92.7 Å². The van der Waals surface area contributed by atoms with Crippen LogP contribution in [-0.4, -0.2) is 22.8 Å². The highest BCUT2D eigenvalue weighted by Crippen LogP contribution is 2.32. The maximum atomic E-state index is 13.3. The Balaban J connectivity index is 0.00000141. The van der Waals surface area contributed by atoms with Crippen LogP contribution < -0.4 is 10.1 Å². The lowest BCUT2D eigenvalue weighted by Crippen LogP contribution is -2.23. The number of hydrogen-bond acceptors (Lipinski definition) is 3. The molecule has 0 aliphatic rings. The lowest BCUT2D eigenvalue weighted by atomic mass is 10.1. The van der Waals surface area contributed by atoms with Gasteiger partial charge < -0.3 is 10.1 Å². The van der Waals surface area contributed by atoms with Crippen molar-refractivity contribution in [2.45, 2.75) is 20.4 Å². The molecule has 0 spiro atoms. The first-order valence-electron chi connectivity index (χ1n) is 10.5. The lowest BCUT2D eigenvalue weighted by Gasteiger charge is -2.10. The Hall–Kier alpha value is -3.57. The van der Waals surface area contributed by atoms with Crippen LogP contribution in [-0.2, 0) is 6.54 Å².